The predicted molar refractivity (Wildman–Crippen MR) is 56.0 cm³/mol. The Morgan fingerprint density at radius 2 is 1.92 bits per heavy atom. The SMILES string of the molecule is CC(C)CCCOCCCC(=N)N. The molecule has 0 saturated carbocycles. The summed E-state index contributed by atoms with van der Waals surface area (Å²) in [6.07, 6.45) is 3.89. The van der Waals surface area contributed by atoms with Crippen molar-refractivity contribution >= 4 is 5.84 Å². The highest BCUT2D eigenvalue weighted by Gasteiger charge is 1.94. The van der Waals surface area contributed by atoms with Crippen molar-refractivity contribution in [3.05, 3.63) is 0 Å². The first-order chi connectivity index (χ1) is 6.13. The molecule has 0 atom stereocenters. The van der Waals surface area contributed by atoms with Gasteiger partial charge < -0.3 is 10.5 Å². The second kappa shape index (κ2) is 8.05. The lowest BCUT2D eigenvalue weighted by molar-refractivity contribution is 0.127. The zero-order valence-corrected chi connectivity index (χ0v) is 8.81. The summed E-state index contributed by atoms with van der Waals surface area (Å²) >= 11 is 0. The molecule has 0 aromatic carbocycles. The second-order valence-corrected chi connectivity index (χ2v) is 3.78. The van der Waals surface area contributed by atoms with E-state index in [2.05, 4.69) is 13.8 Å². The minimum Gasteiger partial charge on any atom is -0.388 e. The summed E-state index contributed by atoms with van der Waals surface area (Å²) in [5.41, 5.74) is 5.20. The van der Waals surface area contributed by atoms with Crippen LogP contribution in [0.15, 0.2) is 0 Å². The average molecular weight is 186 g/mol. The standard InChI is InChI=1S/C10H22N2O/c1-9(2)5-3-7-13-8-4-6-10(11)12/h9H,3-8H2,1-2H3,(H3,11,12). The fraction of sp³-hybridized carbons (Fsp3) is 0.900. The molecule has 0 aliphatic carbocycles. The number of nitrogens with two attached hydrogens (primary N) is 1. The van der Waals surface area contributed by atoms with Crippen molar-refractivity contribution in [1.29, 1.82) is 5.41 Å². The van der Waals surface area contributed by atoms with E-state index in [4.69, 9.17) is 15.9 Å². The highest BCUT2D eigenvalue weighted by Crippen LogP contribution is 2.03. The van der Waals surface area contributed by atoms with Gasteiger partial charge in [-0.05, 0) is 25.2 Å². The molecule has 0 unspecified atom stereocenters. The largest absolute Gasteiger partial charge is 0.388 e. The Bertz CT molecular complexity index is 135. The normalized spacial score (nSPS) is 10.7. The maximum atomic E-state index is 6.99. The van der Waals surface area contributed by atoms with Crippen LogP contribution in [-0.4, -0.2) is 19.0 Å². The lowest BCUT2D eigenvalue weighted by Crippen LogP contribution is -2.10. The van der Waals surface area contributed by atoms with Crippen LogP contribution in [0.5, 0.6) is 0 Å². The number of nitrogens with one attached hydrogen (secondary N) is 1. The first-order valence-electron chi connectivity index (χ1n) is 5.03. The topological polar surface area (TPSA) is 59.1 Å². The summed E-state index contributed by atoms with van der Waals surface area (Å²) in [5, 5.41) is 6.99. The van der Waals surface area contributed by atoms with Crippen LogP contribution >= 0.6 is 0 Å². The second-order valence-electron chi connectivity index (χ2n) is 3.78. The summed E-state index contributed by atoms with van der Waals surface area (Å²) in [7, 11) is 0. The van der Waals surface area contributed by atoms with Gasteiger partial charge in [-0.25, -0.2) is 0 Å². The van der Waals surface area contributed by atoms with Gasteiger partial charge in [-0.2, -0.15) is 0 Å². The van der Waals surface area contributed by atoms with Crippen LogP contribution in [0.25, 0.3) is 0 Å². The predicted octanol–water partition coefficient (Wildman–Crippen LogP) is 2.16. The summed E-state index contributed by atoms with van der Waals surface area (Å²) < 4.78 is 5.38. The van der Waals surface area contributed by atoms with Crippen molar-refractivity contribution in [1.82, 2.24) is 0 Å². The van der Waals surface area contributed by atoms with Gasteiger partial charge in [0.2, 0.25) is 0 Å². The molecule has 3 nitrogen and oxygen atoms in total. The van der Waals surface area contributed by atoms with E-state index in [1.54, 1.807) is 0 Å². The van der Waals surface area contributed by atoms with Gasteiger partial charge in [-0.1, -0.05) is 13.8 Å². The van der Waals surface area contributed by atoms with Gasteiger partial charge in [-0.15, -0.1) is 0 Å². The molecular weight excluding hydrogens is 164 g/mol. The molecule has 0 aromatic heterocycles. The third-order valence-electron chi connectivity index (χ3n) is 1.80. The highest BCUT2D eigenvalue weighted by atomic mass is 16.5. The molecule has 0 heterocycles. The van der Waals surface area contributed by atoms with E-state index in [0.29, 0.717) is 6.42 Å². The molecule has 3 heteroatoms. The molecule has 0 fully saturated rings. The molecular formula is C10H22N2O. The number of amidine groups is 1. The van der Waals surface area contributed by atoms with E-state index >= 15 is 0 Å². The lowest BCUT2D eigenvalue weighted by atomic mass is 10.1. The van der Waals surface area contributed by atoms with E-state index in [9.17, 15) is 0 Å². The van der Waals surface area contributed by atoms with Crippen molar-refractivity contribution in [2.75, 3.05) is 13.2 Å². The number of hydrogen-bond acceptors (Lipinski definition) is 2. The average Bonchev–Trinajstić information content (AvgIpc) is 2.01. The fourth-order valence-electron chi connectivity index (χ4n) is 1.06. The minimum atomic E-state index is 0.255. The zero-order valence-electron chi connectivity index (χ0n) is 8.81. The van der Waals surface area contributed by atoms with E-state index in [1.165, 1.54) is 6.42 Å². The van der Waals surface area contributed by atoms with Crippen LogP contribution in [0.1, 0.15) is 39.5 Å². The van der Waals surface area contributed by atoms with Crippen molar-refractivity contribution < 1.29 is 4.74 Å². The van der Waals surface area contributed by atoms with E-state index in [-0.39, 0.29) is 5.84 Å². The van der Waals surface area contributed by atoms with Gasteiger partial charge in [-0.3, -0.25) is 5.41 Å². The van der Waals surface area contributed by atoms with Crippen LogP contribution in [0, 0.1) is 11.3 Å². The first kappa shape index (κ1) is 12.4. The lowest BCUT2D eigenvalue weighted by Gasteiger charge is -2.05. The Balaban J connectivity index is 2.96. The molecule has 0 bridgehead atoms. The Morgan fingerprint density at radius 1 is 1.31 bits per heavy atom. The van der Waals surface area contributed by atoms with Gasteiger partial charge in [0.05, 0.1) is 5.84 Å². The number of hydrogen-bond donors (Lipinski definition) is 2. The molecule has 13 heavy (non-hydrogen) atoms. The third-order valence-corrected chi connectivity index (χ3v) is 1.80. The summed E-state index contributed by atoms with van der Waals surface area (Å²) in [6, 6.07) is 0. The zero-order chi connectivity index (χ0) is 10.1. The van der Waals surface area contributed by atoms with Gasteiger partial charge in [0, 0.05) is 19.6 Å². The van der Waals surface area contributed by atoms with Gasteiger partial charge >= 0.3 is 0 Å². The number of rotatable bonds is 8. The fourth-order valence-corrected chi connectivity index (χ4v) is 1.06. The molecule has 0 saturated heterocycles. The Morgan fingerprint density at radius 3 is 2.46 bits per heavy atom. The quantitative estimate of drug-likeness (QED) is 0.346. The summed E-state index contributed by atoms with van der Waals surface area (Å²) in [5.74, 6) is 1.02. The van der Waals surface area contributed by atoms with E-state index in [1.807, 2.05) is 0 Å². The Kier molecular flexibility index (Phi) is 7.69. The van der Waals surface area contributed by atoms with Gasteiger partial charge in [0.25, 0.3) is 0 Å². The molecule has 78 valence electrons. The summed E-state index contributed by atoms with van der Waals surface area (Å²) in [4.78, 5) is 0. The minimum absolute atomic E-state index is 0.255. The van der Waals surface area contributed by atoms with Crippen LogP contribution < -0.4 is 5.73 Å². The van der Waals surface area contributed by atoms with Crippen molar-refractivity contribution in [3.8, 4) is 0 Å². The van der Waals surface area contributed by atoms with Crippen LogP contribution in [0.2, 0.25) is 0 Å². The maximum Gasteiger partial charge on any atom is 0.0906 e. The van der Waals surface area contributed by atoms with Gasteiger partial charge in [0.15, 0.2) is 0 Å². The van der Waals surface area contributed by atoms with Crippen LogP contribution in [-0.2, 0) is 4.74 Å². The molecule has 0 spiro atoms. The van der Waals surface area contributed by atoms with Gasteiger partial charge in [0.1, 0.15) is 0 Å². The summed E-state index contributed by atoms with van der Waals surface area (Å²) in [6.45, 7) is 6.01. The van der Waals surface area contributed by atoms with Crippen molar-refractivity contribution in [2.45, 2.75) is 39.5 Å². The molecule has 0 rings (SSSR count). The van der Waals surface area contributed by atoms with E-state index < -0.39 is 0 Å². The van der Waals surface area contributed by atoms with Crippen LogP contribution in [0.4, 0.5) is 0 Å². The molecule has 0 aliphatic rings. The highest BCUT2D eigenvalue weighted by molar-refractivity contribution is 5.76. The maximum absolute atomic E-state index is 6.99. The van der Waals surface area contributed by atoms with E-state index in [0.717, 1.165) is 32.0 Å². The van der Waals surface area contributed by atoms with Crippen molar-refractivity contribution in [2.24, 2.45) is 11.7 Å². The number of ether oxygens (including phenoxy) is 1. The van der Waals surface area contributed by atoms with Crippen molar-refractivity contribution in [3.63, 3.8) is 0 Å². The Labute approximate surface area is 81.2 Å². The molecule has 0 radical (unpaired) electrons. The Hall–Kier alpha value is -0.570. The molecule has 3 N–H and O–H groups in total. The molecule has 0 aliphatic heterocycles. The third kappa shape index (κ3) is 11.4. The monoisotopic (exact) mass is 186 g/mol. The first-order valence-corrected chi connectivity index (χ1v) is 5.03. The molecule has 0 amide bonds. The smallest absolute Gasteiger partial charge is 0.0906 e. The van der Waals surface area contributed by atoms with Crippen LogP contribution in [0.3, 0.4) is 0 Å². The molecule has 0 aromatic rings.